The summed E-state index contributed by atoms with van der Waals surface area (Å²) in [7, 11) is 0.897. The Labute approximate surface area is 60.2 Å². The lowest BCUT2D eigenvalue weighted by Crippen LogP contribution is -2.40. The molecular formula is C4H12O3SSi. The molecule has 0 aliphatic rings. The van der Waals surface area contributed by atoms with Crippen molar-refractivity contribution in [3.05, 3.63) is 0 Å². The van der Waals surface area contributed by atoms with Crippen LogP contribution in [0.5, 0.6) is 0 Å². The number of aliphatic hydroxyl groups is 1. The highest BCUT2D eigenvalue weighted by atomic mass is 32.4. The van der Waals surface area contributed by atoms with Crippen LogP contribution in [0.2, 0.25) is 0 Å². The van der Waals surface area contributed by atoms with Crippen LogP contribution in [-0.4, -0.2) is 39.5 Å². The summed E-state index contributed by atoms with van der Waals surface area (Å²) < 4.78 is 10.0. The molecule has 0 unspecified atom stereocenters. The van der Waals surface area contributed by atoms with Crippen molar-refractivity contribution in [2.24, 2.45) is 0 Å². The topological polar surface area (TPSA) is 38.7 Å². The lowest BCUT2D eigenvalue weighted by atomic mass is 11.7. The maximum Gasteiger partial charge on any atom is 0.431 e. The van der Waals surface area contributed by atoms with Gasteiger partial charge in [-0.2, -0.15) is 0 Å². The van der Waals surface area contributed by atoms with Crippen LogP contribution in [0.1, 0.15) is 0 Å². The average molecular weight is 168 g/mol. The molecule has 0 aliphatic heterocycles. The van der Waals surface area contributed by atoms with Gasteiger partial charge >= 0.3 is 7.71 Å². The number of hydrogen-bond donors (Lipinski definition) is 1. The maximum absolute atomic E-state index is 8.77. The van der Waals surface area contributed by atoms with E-state index in [9.17, 15) is 0 Å². The number of hydrogen-bond acceptors (Lipinski definition) is 4. The molecule has 0 aromatic carbocycles. The molecule has 56 valence electrons. The molecule has 0 fully saturated rings. The molecule has 0 bridgehead atoms. The standard InChI is InChI=1S/C4H12O3SSi/c1-6-9(4-5,7-2)8-3/h5H,4H2,1-3H3. The van der Waals surface area contributed by atoms with Crippen LogP contribution in [0.15, 0.2) is 0 Å². The zero-order valence-electron chi connectivity index (χ0n) is 5.88. The van der Waals surface area contributed by atoms with Gasteiger partial charge in [-0.05, 0) is 6.26 Å². The predicted octanol–water partition coefficient (Wildman–Crippen LogP) is 0.113. The Bertz CT molecular complexity index is 58.7. The second kappa shape index (κ2) is 4.29. The minimum absolute atomic E-state index is 0.00116. The van der Waals surface area contributed by atoms with Crippen molar-refractivity contribution in [2.75, 3.05) is 26.7 Å². The molecule has 0 saturated carbocycles. The maximum atomic E-state index is 8.77. The monoisotopic (exact) mass is 168 g/mol. The van der Waals surface area contributed by atoms with E-state index in [4.69, 9.17) is 14.0 Å². The summed E-state index contributed by atoms with van der Waals surface area (Å²) in [6.07, 6.45) is 1.87. The molecule has 1 N–H and O–H groups in total. The van der Waals surface area contributed by atoms with Gasteiger partial charge < -0.3 is 14.0 Å². The fraction of sp³-hybridized carbons (Fsp3) is 1.00. The molecule has 0 aromatic heterocycles. The van der Waals surface area contributed by atoms with E-state index in [1.807, 2.05) is 6.26 Å². The Morgan fingerprint density at radius 3 is 1.89 bits per heavy atom. The van der Waals surface area contributed by atoms with Gasteiger partial charge in [0.1, 0.15) is 0 Å². The van der Waals surface area contributed by atoms with E-state index in [0.717, 1.165) is 0 Å². The molecule has 5 heteroatoms. The first-order valence-electron chi connectivity index (χ1n) is 2.51. The first-order chi connectivity index (χ1) is 4.24. The summed E-state index contributed by atoms with van der Waals surface area (Å²) in [6, 6.07) is 0. The van der Waals surface area contributed by atoms with Crippen LogP contribution in [0, 0.1) is 0 Å². The normalized spacial score (nSPS) is 12.0. The van der Waals surface area contributed by atoms with Crippen molar-refractivity contribution in [1.29, 1.82) is 0 Å². The Hall–Kier alpha value is 0.447. The van der Waals surface area contributed by atoms with E-state index < -0.39 is 7.71 Å². The van der Waals surface area contributed by atoms with E-state index >= 15 is 0 Å². The van der Waals surface area contributed by atoms with Gasteiger partial charge in [0, 0.05) is 14.2 Å². The summed E-state index contributed by atoms with van der Waals surface area (Å²) in [6.45, 7) is 0. The number of rotatable bonds is 4. The quantitative estimate of drug-likeness (QED) is 0.605. The highest BCUT2D eigenvalue weighted by Crippen LogP contribution is 2.16. The third kappa shape index (κ3) is 2.27. The van der Waals surface area contributed by atoms with E-state index in [2.05, 4.69) is 0 Å². The van der Waals surface area contributed by atoms with Gasteiger partial charge in [-0.1, -0.05) is 0 Å². The number of aliphatic hydroxyl groups excluding tert-OH is 1. The van der Waals surface area contributed by atoms with Gasteiger partial charge in [0.05, 0.1) is 6.23 Å². The van der Waals surface area contributed by atoms with Crippen molar-refractivity contribution < 1.29 is 14.0 Å². The van der Waals surface area contributed by atoms with Crippen LogP contribution < -0.4 is 0 Å². The van der Waals surface area contributed by atoms with Crippen molar-refractivity contribution in [2.45, 2.75) is 0 Å². The molecule has 0 amide bonds. The average Bonchev–Trinajstić information content (AvgIpc) is 1.95. The lowest BCUT2D eigenvalue weighted by Gasteiger charge is -2.21. The minimum Gasteiger partial charge on any atom is -0.394 e. The molecule has 0 saturated heterocycles. The SMILES string of the molecule is CO[Si](CO)(OC)SC. The van der Waals surface area contributed by atoms with Crippen LogP contribution in [0.25, 0.3) is 0 Å². The van der Waals surface area contributed by atoms with Crippen molar-refractivity contribution in [3.63, 3.8) is 0 Å². The van der Waals surface area contributed by atoms with Crippen molar-refractivity contribution in [1.82, 2.24) is 0 Å². The van der Waals surface area contributed by atoms with Gasteiger partial charge in [-0.25, -0.2) is 0 Å². The summed E-state index contributed by atoms with van der Waals surface area (Å²) in [4.78, 5) is 0. The summed E-state index contributed by atoms with van der Waals surface area (Å²) in [5.74, 6) is 0. The highest BCUT2D eigenvalue weighted by molar-refractivity contribution is 8.26. The van der Waals surface area contributed by atoms with E-state index in [1.165, 1.54) is 11.2 Å². The Balaban J connectivity index is 3.82. The zero-order valence-corrected chi connectivity index (χ0v) is 7.70. The van der Waals surface area contributed by atoms with Gasteiger partial charge in [0.25, 0.3) is 0 Å². The van der Waals surface area contributed by atoms with Crippen molar-refractivity contribution in [3.8, 4) is 0 Å². The van der Waals surface area contributed by atoms with Crippen LogP contribution >= 0.6 is 11.2 Å². The molecular weight excluding hydrogens is 156 g/mol. The molecule has 9 heavy (non-hydrogen) atoms. The Kier molecular flexibility index (Phi) is 4.51. The largest absolute Gasteiger partial charge is 0.431 e. The molecule has 0 spiro atoms. The fourth-order valence-electron chi connectivity index (χ4n) is 0.444. The van der Waals surface area contributed by atoms with Crippen LogP contribution in [0.4, 0.5) is 0 Å². The molecule has 0 rings (SSSR count). The third-order valence-corrected chi connectivity index (χ3v) is 6.63. The Morgan fingerprint density at radius 1 is 1.44 bits per heavy atom. The minimum atomic E-state index is -2.22. The van der Waals surface area contributed by atoms with Crippen LogP contribution in [0.3, 0.4) is 0 Å². The molecule has 0 aliphatic carbocycles. The predicted molar refractivity (Wildman–Crippen MR) is 40.4 cm³/mol. The first kappa shape index (κ1) is 9.45. The fourth-order valence-corrected chi connectivity index (χ4v) is 2.72. The van der Waals surface area contributed by atoms with Gasteiger partial charge in [-0.15, -0.1) is 11.2 Å². The smallest absolute Gasteiger partial charge is 0.394 e. The summed E-state index contributed by atoms with van der Waals surface area (Å²) in [5.41, 5.74) is 0. The van der Waals surface area contributed by atoms with E-state index in [-0.39, 0.29) is 6.23 Å². The second-order valence-electron chi connectivity index (χ2n) is 1.45. The first-order valence-corrected chi connectivity index (χ1v) is 6.48. The zero-order chi connectivity index (χ0) is 7.33. The lowest BCUT2D eigenvalue weighted by molar-refractivity contribution is 0.220. The molecule has 0 radical (unpaired) electrons. The van der Waals surface area contributed by atoms with E-state index in [1.54, 1.807) is 14.2 Å². The summed E-state index contributed by atoms with van der Waals surface area (Å²) in [5, 5.41) is 8.77. The molecule has 0 heterocycles. The summed E-state index contributed by atoms with van der Waals surface area (Å²) >= 11 is 1.46. The van der Waals surface area contributed by atoms with Crippen LogP contribution in [-0.2, 0) is 8.85 Å². The van der Waals surface area contributed by atoms with Gasteiger partial charge in [0.2, 0.25) is 0 Å². The van der Waals surface area contributed by atoms with Gasteiger partial charge in [0.15, 0.2) is 0 Å². The highest BCUT2D eigenvalue weighted by Gasteiger charge is 2.34. The third-order valence-electron chi connectivity index (χ3n) is 1.13. The molecule has 3 nitrogen and oxygen atoms in total. The Morgan fingerprint density at radius 2 is 1.89 bits per heavy atom. The molecule has 0 atom stereocenters. The van der Waals surface area contributed by atoms with Gasteiger partial charge in [-0.3, -0.25) is 0 Å². The van der Waals surface area contributed by atoms with Crippen molar-refractivity contribution >= 4 is 18.9 Å². The van der Waals surface area contributed by atoms with E-state index in [0.29, 0.717) is 0 Å². The second-order valence-corrected chi connectivity index (χ2v) is 7.45. The molecule has 0 aromatic rings.